The molecule has 2 rings (SSSR count). The van der Waals surface area contributed by atoms with E-state index in [4.69, 9.17) is 11.6 Å². The van der Waals surface area contributed by atoms with Crippen molar-refractivity contribution in [2.24, 2.45) is 5.92 Å². The van der Waals surface area contributed by atoms with Crippen molar-refractivity contribution >= 4 is 27.6 Å². The molecule has 1 fully saturated rings. The van der Waals surface area contributed by atoms with Gasteiger partial charge in [0.15, 0.2) is 0 Å². The molecule has 5 nitrogen and oxygen atoms in total. The van der Waals surface area contributed by atoms with Crippen molar-refractivity contribution in [1.29, 1.82) is 0 Å². The highest BCUT2D eigenvalue weighted by molar-refractivity contribution is 7.89. The molecular weight excluding hydrogens is 321 g/mol. The lowest BCUT2D eigenvalue weighted by Crippen LogP contribution is -2.42. The van der Waals surface area contributed by atoms with E-state index < -0.39 is 27.7 Å². The van der Waals surface area contributed by atoms with Crippen LogP contribution in [-0.2, 0) is 19.6 Å². The van der Waals surface area contributed by atoms with Gasteiger partial charge in [0.05, 0.1) is 18.1 Å². The second-order valence-corrected chi connectivity index (χ2v) is 7.11. The Balaban J connectivity index is 2.28. The predicted octanol–water partition coefficient (Wildman–Crippen LogP) is 2.05. The fourth-order valence-corrected chi connectivity index (χ4v) is 4.37. The van der Waals surface area contributed by atoms with Crippen LogP contribution >= 0.6 is 11.6 Å². The Morgan fingerprint density at radius 2 is 2.19 bits per heavy atom. The number of rotatable bonds is 3. The number of ether oxygens (including phenoxy) is 1. The molecule has 0 aliphatic carbocycles. The maximum absolute atomic E-state index is 13.0. The van der Waals surface area contributed by atoms with Crippen molar-refractivity contribution in [3.63, 3.8) is 0 Å². The van der Waals surface area contributed by atoms with E-state index in [1.54, 1.807) is 0 Å². The molecule has 0 amide bonds. The molecule has 1 aliphatic heterocycles. The second kappa shape index (κ2) is 6.29. The van der Waals surface area contributed by atoms with Gasteiger partial charge in [-0.2, -0.15) is 4.31 Å². The van der Waals surface area contributed by atoms with Crippen LogP contribution < -0.4 is 0 Å². The van der Waals surface area contributed by atoms with Crippen molar-refractivity contribution in [1.82, 2.24) is 4.31 Å². The highest BCUT2D eigenvalue weighted by Gasteiger charge is 2.34. The van der Waals surface area contributed by atoms with Crippen molar-refractivity contribution in [3.8, 4) is 0 Å². The van der Waals surface area contributed by atoms with E-state index in [0.717, 1.165) is 18.2 Å². The number of benzene rings is 1. The summed E-state index contributed by atoms with van der Waals surface area (Å²) in [5.74, 6) is -1.53. The minimum absolute atomic E-state index is 0.0444. The first-order valence-corrected chi connectivity index (χ1v) is 8.21. The number of sulfonamides is 1. The molecule has 0 aromatic heterocycles. The Labute approximate surface area is 127 Å². The van der Waals surface area contributed by atoms with E-state index in [-0.39, 0.29) is 16.5 Å². The predicted molar refractivity (Wildman–Crippen MR) is 74.9 cm³/mol. The molecule has 1 aromatic rings. The van der Waals surface area contributed by atoms with Gasteiger partial charge in [-0.15, -0.1) is 0 Å². The Hall–Kier alpha value is -1.18. The minimum Gasteiger partial charge on any atom is -0.469 e. The average molecular weight is 336 g/mol. The monoisotopic (exact) mass is 335 g/mol. The van der Waals surface area contributed by atoms with Gasteiger partial charge in [0.2, 0.25) is 10.0 Å². The van der Waals surface area contributed by atoms with Crippen LogP contribution in [0.4, 0.5) is 4.39 Å². The SMILES string of the molecule is COC(=O)C1CCCN(S(=O)(=O)c2ccc(F)cc2Cl)C1. The van der Waals surface area contributed by atoms with Gasteiger partial charge in [-0.25, -0.2) is 12.8 Å². The number of carbonyl (C=O) groups is 1. The first-order chi connectivity index (χ1) is 9.86. The lowest BCUT2D eigenvalue weighted by molar-refractivity contribution is -0.146. The molecule has 1 aromatic carbocycles. The largest absolute Gasteiger partial charge is 0.469 e. The van der Waals surface area contributed by atoms with Crippen molar-refractivity contribution in [2.75, 3.05) is 20.2 Å². The average Bonchev–Trinajstić information content (AvgIpc) is 2.46. The number of esters is 1. The van der Waals surface area contributed by atoms with Gasteiger partial charge < -0.3 is 4.74 Å². The summed E-state index contributed by atoms with van der Waals surface area (Å²) < 4.78 is 44.0. The van der Waals surface area contributed by atoms with E-state index >= 15 is 0 Å². The molecule has 116 valence electrons. The highest BCUT2D eigenvalue weighted by Crippen LogP contribution is 2.29. The summed E-state index contributed by atoms with van der Waals surface area (Å²) in [6.45, 7) is 0.340. The van der Waals surface area contributed by atoms with E-state index in [9.17, 15) is 17.6 Å². The molecule has 0 bridgehead atoms. The second-order valence-electron chi connectivity index (χ2n) is 4.80. The van der Waals surface area contributed by atoms with E-state index in [0.29, 0.717) is 19.4 Å². The summed E-state index contributed by atoms with van der Waals surface area (Å²) in [5.41, 5.74) is 0. The number of hydrogen-bond acceptors (Lipinski definition) is 4. The molecule has 8 heteroatoms. The third-order valence-corrected chi connectivity index (χ3v) is 5.78. The lowest BCUT2D eigenvalue weighted by atomic mass is 10.0. The van der Waals surface area contributed by atoms with Gasteiger partial charge in [-0.05, 0) is 31.0 Å². The molecule has 0 radical (unpaired) electrons. The molecule has 1 unspecified atom stereocenters. The summed E-state index contributed by atoms with van der Waals surface area (Å²) in [7, 11) is -2.59. The molecular formula is C13H15ClFNO4S. The number of methoxy groups -OCH3 is 1. The molecule has 0 spiro atoms. The van der Waals surface area contributed by atoms with Gasteiger partial charge in [-0.3, -0.25) is 4.79 Å². The molecule has 1 heterocycles. The standard InChI is InChI=1S/C13H15ClFNO4S/c1-20-13(17)9-3-2-6-16(8-9)21(18,19)12-5-4-10(15)7-11(12)14/h4-5,7,9H,2-3,6,8H2,1H3. The summed E-state index contributed by atoms with van der Waals surface area (Å²) in [6.07, 6.45) is 1.13. The van der Waals surface area contributed by atoms with E-state index in [1.165, 1.54) is 11.4 Å². The molecule has 1 saturated heterocycles. The topological polar surface area (TPSA) is 63.7 Å². The Kier molecular flexibility index (Phi) is 4.85. The van der Waals surface area contributed by atoms with Crippen LogP contribution in [0.1, 0.15) is 12.8 Å². The third-order valence-electron chi connectivity index (χ3n) is 3.43. The Morgan fingerprint density at radius 3 is 2.81 bits per heavy atom. The molecule has 0 saturated carbocycles. The summed E-state index contributed by atoms with van der Waals surface area (Å²) in [5, 5.41) is -0.171. The van der Waals surface area contributed by atoms with Crippen molar-refractivity contribution in [2.45, 2.75) is 17.7 Å². The van der Waals surface area contributed by atoms with Gasteiger partial charge in [0.25, 0.3) is 0 Å². The van der Waals surface area contributed by atoms with Gasteiger partial charge in [-0.1, -0.05) is 11.6 Å². The van der Waals surface area contributed by atoms with Crippen LogP contribution in [0.2, 0.25) is 5.02 Å². The zero-order valence-corrected chi connectivity index (χ0v) is 13.0. The fraction of sp³-hybridized carbons (Fsp3) is 0.462. The van der Waals surface area contributed by atoms with Crippen molar-refractivity contribution in [3.05, 3.63) is 29.0 Å². The van der Waals surface area contributed by atoms with Crippen LogP contribution in [0.25, 0.3) is 0 Å². The van der Waals surface area contributed by atoms with Crippen molar-refractivity contribution < 1.29 is 22.3 Å². The van der Waals surface area contributed by atoms with Crippen LogP contribution in [0, 0.1) is 11.7 Å². The van der Waals surface area contributed by atoms with Crippen LogP contribution in [0.5, 0.6) is 0 Å². The summed E-state index contributed by atoms with van der Waals surface area (Å²) in [4.78, 5) is 11.4. The number of halogens is 2. The highest BCUT2D eigenvalue weighted by atomic mass is 35.5. The number of piperidine rings is 1. The smallest absolute Gasteiger partial charge is 0.309 e. The molecule has 1 atom stereocenters. The summed E-state index contributed by atoms with van der Waals surface area (Å²) in [6, 6.07) is 3.13. The van der Waals surface area contributed by atoms with Crippen LogP contribution in [-0.4, -0.2) is 38.9 Å². The lowest BCUT2D eigenvalue weighted by Gasteiger charge is -2.30. The minimum atomic E-state index is -3.86. The maximum Gasteiger partial charge on any atom is 0.309 e. The fourth-order valence-electron chi connectivity index (χ4n) is 2.34. The van der Waals surface area contributed by atoms with Crippen LogP contribution in [0.3, 0.4) is 0 Å². The first-order valence-electron chi connectivity index (χ1n) is 6.39. The maximum atomic E-state index is 13.0. The van der Waals surface area contributed by atoms with Crippen LogP contribution in [0.15, 0.2) is 23.1 Å². The Bertz CT molecular complexity index is 650. The summed E-state index contributed by atoms with van der Waals surface area (Å²) >= 11 is 5.82. The van der Waals surface area contributed by atoms with Gasteiger partial charge in [0, 0.05) is 13.1 Å². The molecule has 21 heavy (non-hydrogen) atoms. The quantitative estimate of drug-likeness (QED) is 0.793. The molecule has 0 N–H and O–H groups in total. The zero-order valence-electron chi connectivity index (χ0n) is 11.4. The Morgan fingerprint density at radius 1 is 1.48 bits per heavy atom. The number of nitrogens with zero attached hydrogens (tertiary/aromatic N) is 1. The third kappa shape index (κ3) is 3.36. The van der Waals surface area contributed by atoms with Gasteiger partial charge >= 0.3 is 5.97 Å². The van der Waals surface area contributed by atoms with E-state index in [2.05, 4.69) is 4.74 Å². The van der Waals surface area contributed by atoms with Gasteiger partial charge in [0.1, 0.15) is 10.7 Å². The number of hydrogen-bond donors (Lipinski definition) is 0. The van der Waals surface area contributed by atoms with E-state index in [1.807, 2.05) is 0 Å². The normalized spacial score (nSPS) is 20.2. The molecule has 1 aliphatic rings. The number of carbonyl (C=O) groups excluding carboxylic acids is 1. The zero-order chi connectivity index (χ0) is 15.6. The first kappa shape index (κ1) is 16.2.